The monoisotopic (exact) mass is 262 g/mol. The minimum absolute atomic E-state index is 0.136. The third-order valence-electron chi connectivity index (χ3n) is 4.49. The fourth-order valence-corrected chi connectivity index (χ4v) is 3.20. The Hall–Kier alpha value is -1.00. The highest BCUT2D eigenvalue weighted by Gasteiger charge is 2.40. The number of likely N-dealkylation sites (tertiary alicyclic amines) is 1. The first-order valence-corrected chi connectivity index (χ1v) is 7.45. The van der Waals surface area contributed by atoms with Crippen LogP contribution in [0.3, 0.4) is 0 Å². The first-order valence-electron chi connectivity index (χ1n) is 7.45. The maximum absolute atomic E-state index is 4.19. The van der Waals surface area contributed by atoms with E-state index in [9.17, 15) is 0 Å². The topological polar surface area (TPSA) is 41.1 Å². The molecule has 0 spiro atoms. The normalized spacial score (nSPS) is 21.2. The summed E-state index contributed by atoms with van der Waals surface area (Å²) in [5.41, 5.74) is 1.33. The van der Waals surface area contributed by atoms with Gasteiger partial charge in [0.1, 0.15) is 6.33 Å². The van der Waals surface area contributed by atoms with Crippen molar-refractivity contribution in [3.8, 4) is 0 Å². The van der Waals surface area contributed by atoms with Crippen molar-refractivity contribution in [1.29, 1.82) is 0 Å². The van der Waals surface area contributed by atoms with Crippen LogP contribution in [-0.4, -0.2) is 40.0 Å². The van der Waals surface area contributed by atoms with Crippen molar-refractivity contribution in [3.05, 3.63) is 24.3 Å². The Morgan fingerprint density at radius 2 is 1.89 bits per heavy atom. The van der Waals surface area contributed by atoms with Gasteiger partial charge in [0.15, 0.2) is 0 Å². The van der Waals surface area contributed by atoms with E-state index in [0.29, 0.717) is 6.04 Å². The zero-order chi connectivity index (χ0) is 13.7. The molecule has 0 radical (unpaired) electrons. The lowest BCUT2D eigenvalue weighted by Crippen LogP contribution is -2.53. The summed E-state index contributed by atoms with van der Waals surface area (Å²) >= 11 is 0. The molecule has 1 aliphatic rings. The fourth-order valence-electron chi connectivity index (χ4n) is 3.20. The Labute approximate surface area is 116 Å². The van der Waals surface area contributed by atoms with Gasteiger partial charge in [-0.3, -0.25) is 4.90 Å². The summed E-state index contributed by atoms with van der Waals surface area (Å²) in [4.78, 5) is 11.0. The Kier molecular flexibility index (Phi) is 4.88. The van der Waals surface area contributed by atoms with E-state index in [1.807, 2.05) is 12.4 Å². The Morgan fingerprint density at radius 1 is 1.26 bits per heavy atom. The predicted molar refractivity (Wildman–Crippen MR) is 78.0 cm³/mol. The summed E-state index contributed by atoms with van der Waals surface area (Å²) in [6, 6.07) is 0.293. The van der Waals surface area contributed by atoms with Crippen LogP contribution in [0.5, 0.6) is 0 Å². The van der Waals surface area contributed by atoms with E-state index in [1.54, 1.807) is 6.33 Å². The van der Waals surface area contributed by atoms with Crippen LogP contribution in [0.25, 0.3) is 0 Å². The molecule has 2 rings (SSSR count). The molecule has 1 saturated heterocycles. The van der Waals surface area contributed by atoms with Crippen LogP contribution in [0, 0.1) is 0 Å². The second kappa shape index (κ2) is 6.44. The molecule has 19 heavy (non-hydrogen) atoms. The molecule has 0 aromatic carbocycles. The Balaban J connectivity index is 2.29. The molecule has 2 unspecified atom stereocenters. The van der Waals surface area contributed by atoms with Gasteiger partial charge >= 0.3 is 0 Å². The van der Waals surface area contributed by atoms with Crippen molar-refractivity contribution in [2.75, 3.05) is 19.6 Å². The third kappa shape index (κ3) is 2.95. The van der Waals surface area contributed by atoms with Crippen molar-refractivity contribution >= 4 is 0 Å². The van der Waals surface area contributed by atoms with Crippen LogP contribution >= 0.6 is 0 Å². The molecule has 1 aliphatic heterocycles. The molecule has 1 fully saturated rings. The highest BCUT2D eigenvalue weighted by atomic mass is 15.2. The highest BCUT2D eigenvalue weighted by Crippen LogP contribution is 2.35. The molecule has 4 nitrogen and oxygen atoms in total. The van der Waals surface area contributed by atoms with Gasteiger partial charge in [0.05, 0.1) is 6.04 Å². The quantitative estimate of drug-likeness (QED) is 0.854. The average molecular weight is 262 g/mol. The lowest BCUT2D eigenvalue weighted by atomic mass is 9.84. The van der Waals surface area contributed by atoms with Gasteiger partial charge in [-0.25, -0.2) is 9.97 Å². The van der Waals surface area contributed by atoms with E-state index >= 15 is 0 Å². The van der Waals surface area contributed by atoms with Crippen molar-refractivity contribution < 1.29 is 0 Å². The van der Waals surface area contributed by atoms with E-state index in [-0.39, 0.29) is 5.54 Å². The molecule has 106 valence electrons. The molecule has 0 bridgehead atoms. The number of nitrogens with one attached hydrogen (secondary N) is 1. The molecule has 2 atom stereocenters. The van der Waals surface area contributed by atoms with E-state index in [0.717, 1.165) is 13.0 Å². The van der Waals surface area contributed by atoms with Crippen molar-refractivity contribution in [2.24, 2.45) is 0 Å². The van der Waals surface area contributed by atoms with Crippen molar-refractivity contribution in [3.63, 3.8) is 0 Å². The lowest BCUT2D eigenvalue weighted by Gasteiger charge is -2.45. The molecular weight excluding hydrogens is 236 g/mol. The SMILES string of the molecule is CCNC(c1cncnc1)C(C)(CC)N1CCCC1. The van der Waals surface area contributed by atoms with Crippen LogP contribution in [0.2, 0.25) is 0 Å². The molecule has 4 heteroatoms. The molecule has 0 amide bonds. The van der Waals surface area contributed by atoms with E-state index in [1.165, 1.54) is 31.5 Å². The van der Waals surface area contributed by atoms with E-state index in [4.69, 9.17) is 0 Å². The molecule has 0 saturated carbocycles. The van der Waals surface area contributed by atoms with Crippen molar-refractivity contribution in [1.82, 2.24) is 20.2 Å². The smallest absolute Gasteiger partial charge is 0.115 e. The Morgan fingerprint density at radius 3 is 2.42 bits per heavy atom. The third-order valence-corrected chi connectivity index (χ3v) is 4.49. The number of hydrogen-bond acceptors (Lipinski definition) is 4. The van der Waals surface area contributed by atoms with Crippen LogP contribution in [0.15, 0.2) is 18.7 Å². The van der Waals surface area contributed by atoms with Crippen LogP contribution in [0.1, 0.15) is 51.6 Å². The molecule has 2 heterocycles. The van der Waals surface area contributed by atoms with Gasteiger partial charge in [-0.1, -0.05) is 13.8 Å². The number of likely N-dealkylation sites (N-methyl/N-ethyl adjacent to an activating group) is 1. The maximum Gasteiger partial charge on any atom is 0.115 e. The van der Waals surface area contributed by atoms with Crippen molar-refractivity contribution in [2.45, 2.75) is 51.6 Å². The van der Waals surface area contributed by atoms with Gasteiger partial charge in [0, 0.05) is 23.5 Å². The number of rotatable bonds is 6. The zero-order valence-electron chi connectivity index (χ0n) is 12.4. The van der Waals surface area contributed by atoms with Gasteiger partial charge < -0.3 is 5.32 Å². The molecule has 1 aromatic heterocycles. The number of nitrogens with zero attached hydrogens (tertiary/aromatic N) is 3. The summed E-state index contributed by atoms with van der Waals surface area (Å²) in [5.74, 6) is 0. The van der Waals surface area contributed by atoms with Gasteiger partial charge in [-0.15, -0.1) is 0 Å². The summed E-state index contributed by atoms with van der Waals surface area (Å²) in [6.07, 6.45) is 9.26. The second-order valence-electron chi connectivity index (χ2n) is 5.57. The summed E-state index contributed by atoms with van der Waals surface area (Å²) in [7, 11) is 0. The van der Waals surface area contributed by atoms with Crippen LogP contribution < -0.4 is 5.32 Å². The average Bonchev–Trinajstić information content (AvgIpc) is 2.99. The maximum atomic E-state index is 4.19. The minimum atomic E-state index is 0.136. The molecule has 1 aromatic rings. The first kappa shape index (κ1) is 14.4. The standard InChI is InChI=1S/C15H26N4/c1-4-15(3,19-8-6-7-9-19)14(18-5-2)13-10-16-12-17-11-13/h10-12,14,18H,4-9H2,1-3H3. The van der Waals surface area contributed by atoms with Gasteiger partial charge in [-0.05, 0) is 45.8 Å². The summed E-state index contributed by atoms with van der Waals surface area (Å²) < 4.78 is 0. The molecule has 0 aliphatic carbocycles. The molecule has 1 N–H and O–H groups in total. The van der Waals surface area contributed by atoms with Crippen LogP contribution in [-0.2, 0) is 0 Å². The lowest BCUT2D eigenvalue weighted by molar-refractivity contribution is 0.0843. The van der Waals surface area contributed by atoms with Gasteiger partial charge in [0.2, 0.25) is 0 Å². The first-order chi connectivity index (χ1) is 9.22. The Bertz CT molecular complexity index is 375. The number of hydrogen-bond donors (Lipinski definition) is 1. The van der Waals surface area contributed by atoms with E-state index < -0.39 is 0 Å². The minimum Gasteiger partial charge on any atom is -0.309 e. The zero-order valence-corrected chi connectivity index (χ0v) is 12.4. The van der Waals surface area contributed by atoms with Gasteiger partial charge in [0.25, 0.3) is 0 Å². The molecular formula is C15H26N4. The fraction of sp³-hybridized carbons (Fsp3) is 0.733. The highest BCUT2D eigenvalue weighted by molar-refractivity contribution is 5.17. The summed E-state index contributed by atoms with van der Waals surface area (Å²) in [6.45, 7) is 10.2. The summed E-state index contributed by atoms with van der Waals surface area (Å²) in [5, 5.41) is 3.65. The largest absolute Gasteiger partial charge is 0.309 e. The second-order valence-corrected chi connectivity index (χ2v) is 5.57. The predicted octanol–water partition coefficient (Wildman–Crippen LogP) is 2.39. The number of aromatic nitrogens is 2. The van der Waals surface area contributed by atoms with E-state index in [2.05, 4.69) is 41.0 Å². The van der Waals surface area contributed by atoms with Crippen LogP contribution in [0.4, 0.5) is 0 Å². The van der Waals surface area contributed by atoms with Gasteiger partial charge in [-0.2, -0.15) is 0 Å².